The molecule has 0 saturated carbocycles. The quantitative estimate of drug-likeness (QED) is 0.554. The summed E-state index contributed by atoms with van der Waals surface area (Å²) in [4.78, 5) is 12.8. The van der Waals surface area contributed by atoms with Crippen molar-refractivity contribution in [2.24, 2.45) is 0 Å². The van der Waals surface area contributed by atoms with Crippen LogP contribution in [0.5, 0.6) is 0 Å². The van der Waals surface area contributed by atoms with Crippen molar-refractivity contribution in [2.45, 2.75) is 26.7 Å². The van der Waals surface area contributed by atoms with Crippen LogP contribution in [0, 0.1) is 6.92 Å². The summed E-state index contributed by atoms with van der Waals surface area (Å²) in [7, 11) is 0. The fraction of sp³-hybridized carbons (Fsp3) is 0.222. The van der Waals surface area contributed by atoms with Crippen molar-refractivity contribution in [3.8, 4) is 11.3 Å². The van der Waals surface area contributed by atoms with Crippen molar-refractivity contribution >= 4 is 33.6 Å². The molecule has 5 heteroatoms. The third-order valence-corrected chi connectivity index (χ3v) is 5.68. The lowest BCUT2D eigenvalue weighted by Crippen LogP contribution is -1.88. The highest BCUT2D eigenvalue weighted by molar-refractivity contribution is 7.10. The van der Waals surface area contributed by atoms with E-state index < -0.39 is 0 Å². The molecule has 1 aromatic carbocycles. The minimum Gasteiger partial charge on any atom is -0.360 e. The van der Waals surface area contributed by atoms with E-state index in [4.69, 9.17) is 4.98 Å². The van der Waals surface area contributed by atoms with Crippen molar-refractivity contribution in [3.63, 3.8) is 0 Å². The van der Waals surface area contributed by atoms with E-state index in [9.17, 15) is 0 Å². The lowest BCUT2D eigenvalue weighted by molar-refractivity contribution is 1.06. The van der Waals surface area contributed by atoms with Crippen LogP contribution in [-0.4, -0.2) is 15.0 Å². The molecule has 116 valence electrons. The van der Waals surface area contributed by atoms with Crippen LogP contribution in [-0.2, 0) is 12.8 Å². The number of nitrogens with one attached hydrogen (secondary N) is 1. The molecule has 0 unspecified atom stereocenters. The minimum atomic E-state index is 0.817. The molecule has 23 heavy (non-hydrogen) atoms. The Balaban J connectivity index is 1.69. The third-order valence-electron chi connectivity index (χ3n) is 4.01. The fourth-order valence-electron chi connectivity index (χ4n) is 2.88. The summed E-state index contributed by atoms with van der Waals surface area (Å²) >= 11 is 3.40. The van der Waals surface area contributed by atoms with Gasteiger partial charge in [-0.15, -0.1) is 22.7 Å². The maximum absolute atomic E-state index is 4.83. The molecule has 0 aliphatic rings. The normalized spacial score (nSPS) is 11.4. The van der Waals surface area contributed by atoms with Crippen LogP contribution in [0.1, 0.15) is 28.2 Å². The van der Waals surface area contributed by atoms with Crippen LogP contribution in [0.25, 0.3) is 22.2 Å². The minimum absolute atomic E-state index is 0.817. The number of thiazole rings is 2. The average molecular weight is 339 g/mol. The lowest BCUT2D eigenvalue weighted by Gasteiger charge is -1.99. The number of hydrogen-bond acceptors (Lipinski definition) is 4. The topological polar surface area (TPSA) is 41.6 Å². The van der Waals surface area contributed by atoms with Gasteiger partial charge in [0, 0.05) is 39.8 Å². The fourth-order valence-corrected chi connectivity index (χ4v) is 4.31. The van der Waals surface area contributed by atoms with Crippen molar-refractivity contribution in [1.82, 2.24) is 15.0 Å². The number of aromatic nitrogens is 3. The molecular weight excluding hydrogens is 322 g/mol. The zero-order valence-corrected chi connectivity index (χ0v) is 14.7. The highest BCUT2D eigenvalue weighted by Gasteiger charge is 2.12. The molecule has 0 spiro atoms. The first kappa shape index (κ1) is 14.6. The molecule has 1 N–H and O–H groups in total. The maximum Gasteiger partial charge on any atom is 0.0992 e. The van der Waals surface area contributed by atoms with Crippen LogP contribution >= 0.6 is 22.7 Å². The monoisotopic (exact) mass is 339 g/mol. The number of hydrogen-bond donors (Lipinski definition) is 1. The van der Waals surface area contributed by atoms with Gasteiger partial charge in [-0.3, -0.25) is 0 Å². The summed E-state index contributed by atoms with van der Waals surface area (Å²) in [5.74, 6) is 0. The van der Waals surface area contributed by atoms with Crippen LogP contribution in [0.15, 0.2) is 35.2 Å². The summed E-state index contributed by atoms with van der Waals surface area (Å²) in [6.07, 6.45) is 3.93. The predicted octanol–water partition coefficient (Wildman–Crippen LogP) is 5.21. The maximum atomic E-state index is 4.83. The van der Waals surface area contributed by atoms with E-state index >= 15 is 0 Å². The Labute approximate surface area is 143 Å². The number of benzene rings is 1. The van der Waals surface area contributed by atoms with Crippen LogP contribution in [0.4, 0.5) is 0 Å². The molecular formula is C18H17N3S2. The van der Waals surface area contributed by atoms with Crippen LogP contribution < -0.4 is 0 Å². The molecule has 0 amide bonds. The second-order valence-electron chi connectivity index (χ2n) is 5.56. The second kappa shape index (κ2) is 5.91. The Kier molecular flexibility index (Phi) is 3.75. The van der Waals surface area contributed by atoms with Gasteiger partial charge in [-0.05, 0) is 18.9 Å². The zero-order valence-electron chi connectivity index (χ0n) is 13.1. The third kappa shape index (κ3) is 2.71. The van der Waals surface area contributed by atoms with Gasteiger partial charge in [-0.25, -0.2) is 9.97 Å². The molecule has 3 aromatic heterocycles. The number of H-pyrrole nitrogens is 1. The van der Waals surface area contributed by atoms with Gasteiger partial charge in [0.05, 0.1) is 21.4 Å². The van der Waals surface area contributed by atoms with Crippen molar-refractivity contribution in [2.75, 3.05) is 0 Å². The smallest absolute Gasteiger partial charge is 0.0992 e. The molecule has 0 fully saturated rings. The second-order valence-corrected chi connectivity index (χ2v) is 7.56. The first-order valence-electron chi connectivity index (χ1n) is 7.69. The van der Waals surface area contributed by atoms with E-state index in [1.54, 1.807) is 22.7 Å². The number of aryl methyl sites for hydroxylation is 2. The molecule has 0 atom stereocenters. The van der Waals surface area contributed by atoms with E-state index in [0.717, 1.165) is 34.2 Å². The van der Waals surface area contributed by atoms with Gasteiger partial charge in [-0.1, -0.05) is 25.1 Å². The van der Waals surface area contributed by atoms with E-state index in [1.165, 1.54) is 22.0 Å². The number of aromatic amines is 1. The molecule has 4 aromatic rings. The molecule has 0 aliphatic carbocycles. The number of fused-ring (bicyclic) bond motifs is 1. The Morgan fingerprint density at radius 3 is 2.83 bits per heavy atom. The van der Waals surface area contributed by atoms with Gasteiger partial charge in [0.25, 0.3) is 0 Å². The van der Waals surface area contributed by atoms with Gasteiger partial charge in [-0.2, -0.15) is 0 Å². The first-order chi connectivity index (χ1) is 11.2. The summed E-state index contributed by atoms with van der Waals surface area (Å²) in [5.41, 5.74) is 5.93. The Morgan fingerprint density at radius 1 is 1.13 bits per heavy atom. The van der Waals surface area contributed by atoms with Crippen LogP contribution in [0.2, 0.25) is 0 Å². The van der Waals surface area contributed by atoms with Gasteiger partial charge in [0.15, 0.2) is 0 Å². The Hall–Kier alpha value is -1.98. The van der Waals surface area contributed by atoms with E-state index in [-0.39, 0.29) is 0 Å². The Morgan fingerprint density at radius 2 is 2.04 bits per heavy atom. The zero-order chi connectivity index (χ0) is 15.8. The largest absolute Gasteiger partial charge is 0.360 e. The average Bonchev–Trinajstić information content (AvgIpc) is 3.26. The summed E-state index contributed by atoms with van der Waals surface area (Å²) in [6, 6.07) is 6.48. The standard InChI is InChI=1S/C18H17N3S2/c1-3-12-5-4-6-14-15(8-19-18(12)14)16-10-23-17(21-16)7-13-9-22-11(2)20-13/h4-6,8-10,19H,3,7H2,1-2H3. The molecule has 0 bridgehead atoms. The molecule has 0 radical (unpaired) electrons. The van der Waals surface area contributed by atoms with Gasteiger partial charge >= 0.3 is 0 Å². The van der Waals surface area contributed by atoms with Crippen molar-refractivity contribution in [1.29, 1.82) is 0 Å². The highest BCUT2D eigenvalue weighted by Crippen LogP contribution is 2.31. The predicted molar refractivity (Wildman–Crippen MR) is 98.4 cm³/mol. The van der Waals surface area contributed by atoms with Crippen LogP contribution in [0.3, 0.4) is 0 Å². The Bertz CT molecular complexity index is 962. The van der Waals surface area contributed by atoms with E-state index in [0.29, 0.717) is 0 Å². The SMILES string of the molecule is CCc1cccc2c(-c3csc(Cc4csc(C)n4)n3)c[nH]c12. The first-order valence-corrected chi connectivity index (χ1v) is 9.45. The van der Waals surface area contributed by atoms with Crippen molar-refractivity contribution < 1.29 is 0 Å². The molecule has 3 nitrogen and oxygen atoms in total. The highest BCUT2D eigenvalue weighted by atomic mass is 32.1. The van der Waals surface area contributed by atoms with Gasteiger partial charge < -0.3 is 4.98 Å². The lowest BCUT2D eigenvalue weighted by atomic mass is 10.1. The van der Waals surface area contributed by atoms with E-state index in [2.05, 4.69) is 52.0 Å². The molecule has 0 aliphatic heterocycles. The van der Waals surface area contributed by atoms with Gasteiger partial charge in [0.2, 0.25) is 0 Å². The summed E-state index contributed by atoms with van der Waals surface area (Å²) in [6.45, 7) is 4.23. The molecule has 0 saturated heterocycles. The summed E-state index contributed by atoms with van der Waals surface area (Å²) in [5, 5.41) is 7.75. The molecule has 3 heterocycles. The summed E-state index contributed by atoms with van der Waals surface area (Å²) < 4.78 is 0. The van der Waals surface area contributed by atoms with E-state index in [1.807, 2.05) is 6.92 Å². The van der Waals surface area contributed by atoms with Gasteiger partial charge in [0.1, 0.15) is 0 Å². The number of rotatable bonds is 4. The number of nitrogens with zero attached hydrogens (tertiary/aromatic N) is 2. The number of para-hydroxylation sites is 1. The molecule has 4 rings (SSSR count). The van der Waals surface area contributed by atoms with Crippen molar-refractivity contribution in [3.05, 3.63) is 56.4 Å².